The number of amides is 4. The Balaban J connectivity index is 1.33. The molecule has 2 aromatic carbocycles. The molecular formula is C30H35FN6O4. The number of primary amides is 1. The molecule has 2 fully saturated rings. The van der Waals surface area contributed by atoms with Crippen molar-refractivity contribution in [3.8, 4) is 0 Å². The van der Waals surface area contributed by atoms with Crippen LogP contribution in [0.2, 0.25) is 0 Å². The van der Waals surface area contributed by atoms with Crippen LogP contribution < -0.4 is 11.1 Å². The Labute approximate surface area is 237 Å². The molecule has 216 valence electrons. The molecule has 2 aliphatic rings. The molecule has 2 bridgehead atoms. The molecule has 3 aromatic rings. The minimum Gasteiger partial charge on any atom is -0.370 e. The van der Waals surface area contributed by atoms with E-state index in [-0.39, 0.29) is 48.3 Å². The number of fused-ring (bicyclic) bond motifs is 3. The fraction of sp³-hybridized carbons (Fsp3) is 0.433. The van der Waals surface area contributed by atoms with E-state index in [1.807, 2.05) is 45.0 Å². The van der Waals surface area contributed by atoms with E-state index < -0.39 is 23.3 Å². The average molecular weight is 563 g/mol. The van der Waals surface area contributed by atoms with Gasteiger partial charge in [0, 0.05) is 31.3 Å². The van der Waals surface area contributed by atoms with Gasteiger partial charge in [0.2, 0.25) is 17.7 Å². The largest absolute Gasteiger partial charge is 0.370 e. The third-order valence-corrected chi connectivity index (χ3v) is 7.94. The summed E-state index contributed by atoms with van der Waals surface area (Å²) in [6, 6.07) is 12.4. The van der Waals surface area contributed by atoms with Gasteiger partial charge in [0.05, 0.1) is 24.1 Å². The summed E-state index contributed by atoms with van der Waals surface area (Å²) in [5.41, 5.74) is 6.38. The van der Waals surface area contributed by atoms with E-state index in [2.05, 4.69) is 10.4 Å². The summed E-state index contributed by atoms with van der Waals surface area (Å²) in [5.74, 6) is -1.63. The molecule has 3 atom stereocenters. The zero-order valence-corrected chi connectivity index (χ0v) is 23.5. The third-order valence-electron chi connectivity index (χ3n) is 7.94. The predicted octanol–water partition coefficient (Wildman–Crippen LogP) is 2.45. The molecule has 11 heteroatoms. The first-order chi connectivity index (χ1) is 19.4. The van der Waals surface area contributed by atoms with Crippen molar-refractivity contribution >= 4 is 34.5 Å². The van der Waals surface area contributed by atoms with Crippen molar-refractivity contribution in [3.63, 3.8) is 0 Å². The Hall–Kier alpha value is -4.28. The van der Waals surface area contributed by atoms with Gasteiger partial charge in [-0.2, -0.15) is 5.10 Å². The van der Waals surface area contributed by atoms with Crippen molar-refractivity contribution in [2.24, 2.45) is 11.1 Å². The second-order valence-electron chi connectivity index (χ2n) is 12.0. The monoisotopic (exact) mass is 562 g/mol. The molecule has 0 spiro atoms. The number of carbonyl (C=O) groups excluding carboxylic acids is 4. The molecule has 3 heterocycles. The van der Waals surface area contributed by atoms with Crippen LogP contribution in [0.1, 0.15) is 56.1 Å². The fourth-order valence-corrected chi connectivity index (χ4v) is 5.81. The Morgan fingerprint density at radius 3 is 2.29 bits per heavy atom. The second-order valence-corrected chi connectivity index (χ2v) is 12.0. The normalized spacial score (nSPS) is 19.0. The van der Waals surface area contributed by atoms with Crippen LogP contribution in [-0.4, -0.2) is 74.4 Å². The van der Waals surface area contributed by atoms with Crippen LogP contribution in [0.15, 0.2) is 48.5 Å². The van der Waals surface area contributed by atoms with Crippen molar-refractivity contribution in [1.82, 2.24) is 24.9 Å². The Bertz CT molecular complexity index is 1490. The number of hydrogen-bond acceptors (Lipinski definition) is 5. The van der Waals surface area contributed by atoms with E-state index in [0.29, 0.717) is 31.4 Å². The summed E-state index contributed by atoms with van der Waals surface area (Å²) in [6.45, 7) is 6.82. The van der Waals surface area contributed by atoms with Crippen molar-refractivity contribution in [2.45, 2.75) is 64.7 Å². The molecule has 0 saturated carbocycles. The molecule has 2 saturated heterocycles. The lowest BCUT2D eigenvalue weighted by Crippen LogP contribution is -2.59. The van der Waals surface area contributed by atoms with E-state index in [4.69, 9.17) is 5.73 Å². The lowest BCUT2D eigenvalue weighted by molar-refractivity contribution is -0.142. The second kappa shape index (κ2) is 10.9. The van der Waals surface area contributed by atoms with E-state index in [9.17, 15) is 23.6 Å². The number of nitrogens with two attached hydrogens (primary N) is 1. The van der Waals surface area contributed by atoms with Gasteiger partial charge in [-0.3, -0.25) is 23.9 Å². The summed E-state index contributed by atoms with van der Waals surface area (Å²) < 4.78 is 15.1. The maximum Gasteiger partial charge on any atom is 0.273 e. The van der Waals surface area contributed by atoms with Crippen molar-refractivity contribution in [2.75, 3.05) is 13.1 Å². The average Bonchev–Trinajstić information content (AvgIpc) is 3.64. The number of carbonyl (C=O) groups is 4. The molecule has 1 aromatic heterocycles. The van der Waals surface area contributed by atoms with Gasteiger partial charge in [0.15, 0.2) is 5.69 Å². The van der Waals surface area contributed by atoms with Crippen molar-refractivity contribution in [1.29, 1.82) is 0 Å². The smallest absolute Gasteiger partial charge is 0.273 e. The molecule has 41 heavy (non-hydrogen) atoms. The number of hydrogen-bond donors (Lipinski definition) is 2. The van der Waals surface area contributed by atoms with Crippen LogP contribution in [0.4, 0.5) is 4.39 Å². The van der Waals surface area contributed by atoms with Gasteiger partial charge in [-0.15, -0.1) is 0 Å². The van der Waals surface area contributed by atoms with E-state index >= 15 is 0 Å². The Kier molecular flexibility index (Phi) is 7.54. The quantitative estimate of drug-likeness (QED) is 0.436. The number of aromatic nitrogens is 2. The Morgan fingerprint density at radius 1 is 1.00 bits per heavy atom. The first-order valence-electron chi connectivity index (χ1n) is 13.8. The maximum absolute atomic E-state index is 13.9. The van der Waals surface area contributed by atoms with Gasteiger partial charge in [0.25, 0.3) is 5.91 Å². The van der Waals surface area contributed by atoms with Crippen LogP contribution in [0.25, 0.3) is 10.9 Å². The van der Waals surface area contributed by atoms with Crippen molar-refractivity contribution < 1.29 is 23.6 Å². The maximum atomic E-state index is 13.9. The zero-order chi connectivity index (χ0) is 29.5. The zero-order valence-electron chi connectivity index (χ0n) is 23.5. The molecule has 2 aliphatic heterocycles. The van der Waals surface area contributed by atoms with Gasteiger partial charge in [-0.1, -0.05) is 51.1 Å². The molecule has 0 radical (unpaired) electrons. The lowest BCUT2D eigenvalue weighted by Gasteiger charge is -2.39. The third kappa shape index (κ3) is 5.79. The highest BCUT2D eigenvalue weighted by molar-refractivity contribution is 6.06. The van der Waals surface area contributed by atoms with Gasteiger partial charge in [0.1, 0.15) is 11.9 Å². The van der Waals surface area contributed by atoms with Gasteiger partial charge in [-0.05, 0) is 35.6 Å². The molecular weight excluding hydrogens is 527 g/mol. The number of halogens is 1. The van der Waals surface area contributed by atoms with Crippen LogP contribution in [0.5, 0.6) is 0 Å². The van der Waals surface area contributed by atoms with E-state index in [0.717, 1.165) is 11.1 Å². The Morgan fingerprint density at radius 2 is 1.66 bits per heavy atom. The number of nitrogens with one attached hydrogen (secondary N) is 1. The predicted molar refractivity (Wildman–Crippen MR) is 150 cm³/mol. The molecule has 4 amide bonds. The van der Waals surface area contributed by atoms with Gasteiger partial charge >= 0.3 is 0 Å². The first-order valence-corrected chi connectivity index (χ1v) is 13.8. The standard InChI is InChI=1S/C30H35FN6O4/c1-30(2,3)27(29(41)36-17-20-14-21(36)16-35(20)25(39)13-12-24(32)38)33-28(40)26-22-6-4-5-7-23(22)37(34-26)15-18-8-10-19(31)11-9-18/h4-11,20-21,27H,12-17H2,1-3H3,(H2,32,38)(H,33,40)/t20-,21-,27-/m1/s1. The molecule has 0 unspecified atom stereocenters. The fourth-order valence-electron chi connectivity index (χ4n) is 5.81. The van der Waals surface area contributed by atoms with Crippen LogP contribution in [0.3, 0.4) is 0 Å². The summed E-state index contributed by atoms with van der Waals surface area (Å²) >= 11 is 0. The minimum atomic E-state index is -0.825. The molecule has 5 rings (SSSR count). The number of likely N-dealkylation sites (tertiary alicyclic amines) is 2. The lowest BCUT2D eigenvalue weighted by atomic mass is 9.85. The van der Waals surface area contributed by atoms with Crippen LogP contribution in [0, 0.1) is 11.2 Å². The summed E-state index contributed by atoms with van der Waals surface area (Å²) in [6.07, 6.45) is 0.730. The number of nitrogens with zero attached hydrogens (tertiary/aromatic N) is 4. The molecule has 3 N–H and O–H groups in total. The number of rotatable bonds is 8. The van der Waals surface area contributed by atoms with E-state index in [1.165, 1.54) is 12.1 Å². The summed E-state index contributed by atoms with van der Waals surface area (Å²) in [5, 5.41) is 8.22. The molecule has 0 aliphatic carbocycles. The summed E-state index contributed by atoms with van der Waals surface area (Å²) in [4.78, 5) is 54.7. The number of piperazine rings is 1. The van der Waals surface area contributed by atoms with Gasteiger partial charge in [-0.25, -0.2) is 4.39 Å². The topological polar surface area (TPSA) is 131 Å². The highest BCUT2D eigenvalue weighted by Crippen LogP contribution is 2.34. The summed E-state index contributed by atoms with van der Waals surface area (Å²) in [7, 11) is 0. The highest BCUT2D eigenvalue weighted by Gasteiger charge is 2.49. The first kappa shape index (κ1) is 28.3. The van der Waals surface area contributed by atoms with Crippen LogP contribution >= 0.6 is 0 Å². The van der Waals surface area contributed by atoms with Crippen LogP contribution in [-0.2, 0) is 20.9 Å². The number of para-hydroxylation sites is 1. The molecule has 10 nitrogen and oxygen atoms in total. The van der Waals surface area contributed by atoms with Crippen molar-refractivity contribution in [3.05, 3.63) is 65.6 Å². The highest BCUT2D eigenvalue weighted by atomic mass is 19.1. The number of benzene rings is 2. The SMILES string of the molecule is CC(C)(C)[C@H](NC(=O)c1nn(Cc2ccc(F)cc2)c2ccccc12)C(=O)N1C[C@H]2C[C@@H]1CN2C(=O)CCC(N)=O. The minimum absolute atomic E-state index is 0.00182. The van der Waals surface area contributed by atoms with E-state index in [1.54, 1.807) is 26.6 Å². The van der Waals surface area contributed by atoms with Gasteiger partial charge < -0.3 is 20.9 Å².